The average molecular weight is 247 g/mol. The normalized spacial score (nSPS) is 11.6. The van der Waals surface area contributed by atoms with Crippen LogP contribution in [-0.4, -0.2) is 24.5 Å². The molecule has 0 aliphatic rings. The van der Waals surface area contributed by atoms with Crippen LogP contribution >= 0.6 is 0 Å². The van der Waals surface area contributed by atoms with Crippen LogP contribution in [0.15, 0.2) is 49.6 Å². The quantitative estimate of drug-likeness (QED) is 0.662. The van der Waals surface area contributed by atoms with Crippen molar-refractivity contribution in [2.24, 2.45) is 0 Å². The van der Waals surface area contributed by atoms with Gasteiger partial charge in [-0.2, -0.15) is 0 Å². The van der Waals surface area contributed by atoms with Gasteiger partial charge in [-0.3, -0.25) is 0 Å². The fourth-order valence-corrected chi connectivity index (χ4v) is 2.27. The van der Waals surface area contributed by atoms with E-state index in [9.17, 15) is 4.39 Å². The Labute approximate surface area is 110 Å². The van der Waals surface area contributed by atoms with Gasteiger partial charge in [0, 0.05) is 5.54 Å². The van der Waals surface area contributed by atoms with Crippen molar-refractivity contribution < 1.29 is 4.39 Å². The second-order valence-electron chi connectivity index (χ2n) is 4.91. The van der Waals surface area contributed by atoms with E-state index in [0.717, 1.165) is 24.8 Å². The Hall–Kier alpha value is -1.41. The van der Waals surface area contributed by atoms with Crippen molar-refractivity contribution in [3.63, 3.8) is 0 Å². The van der Waals surface area contributed by atoms with Gasteiger partial charge in [0.25, 0.3) is 0 Å². The van der Waals surface area contributed by atoms with Crippen LogP contribution in [-0.2, 0) is 6.42 Å². The summed E-state index contributed by atoms with van der Waals surface area (Å²) >= 11 is 0. The highest BCUT2D eigenvalue weighted by Gasteiger charge is 2.30. The predicted octanol–water partition coefficient (Wildman–Crippen LogP) is 3.82. The van der Waals surface area contributed by atoms with Crippen LogP contribution in [0.5, 0.6) is 0 Å². The Balaban J connectivity index is 2.98. The van der Waals surface area contributed by atoms with Gasteiger partial charge >= 0.3 is 0 Å². The number of hydrogen-bond donors (Lipinski definition) is 0. The molecule has 0 unspecified atom stereocenters. The summed E-state index contributed by atoms with van der Waals surface area (Å²) in [6, 6.07) is 6.72. The van der Waals surface area contributed by atoms with Gasteiger partial charge in [0.15, 0.2) is 0 Å². The lowest BCUT2D eigenvalue weighted by atomic mass is 9.83. The van der Waals surface area contributed by atoms with Crippen LogP contribution in [0.3, 0.4) is 0 Å². The van der Waals surface area contributed by atoms with Crippen molar-refractivity contribution in [3.8, 4) is 0 Å². The third-order valence-electron chi connectivity index (χ3n) is 3.44. The van der Waals surface area contributed by atoms with Gasteiger partial charge in [-0.15, -0.1) is 13.2 Å². The summed E-state index contributed by atoms with van der Waals surface area (Å²) in [6.07, 6.45) is 6.49. The minimum absolute atomic E-state index is 0.0265. The van der Waals surface area contributed by atoms with Crippen molar-refractivity contribution in [2.75, 3.05) is 14.1 Å². The summed E-state index contributed by atoms with van der Waals surface area (Å²) in [5, 5.41) is 0. The highest BCUT2D eigenvalue weighted by Crippen LogP contribution is 2.27. The highest BCUT2D eigenvalue weighted by atomic mass is 19.1. The molecule has 98 valence electrons. The third kappa shape index (κ3) is 3.54. The lowest BCUT2D eigenvalue weighted by Gasteiger charge is -2.39. The zero-order chi connectivity index (χ0) is 13.6. The summed E-state index contributed by atoms with van der Waals surface area (Å²) < 4.78 is 12.9. The minimum Gasteiger partial charge on any atom is -0.303 e. The third-order valence-corrected chi connectivity index (χ3v) is 3.44. The topological polar surface area (TPSA) is 3.24 Å². The van der Waals surface area contributed by atoms with Gasteiger partial charge in [0.1, 0.15) is 5.82 Å². The standard InChI is InChI=1S/C16H22FN/c1-5-11-16(12-6-2,18(3)4)13-14-7-9-15(17)10-8-14/h5-10H,1-2,11-13H2,3-4H3. The fourth-order valence-electron chi connectivity index (χ4n) is 2.27. The first-order valence-electron chi connectivity index (χ1n) is 6.18. The smallest absolute Gasteiger partial charge is 0.123 e. The van der Waals surface area contributed by atoms with Crippen LogP contribution < -0.4 is 0 Å². The number of rotatable bonds is 7. The Kier molecular flexibility index (Phi) is 5.29. The summed E-state index contributed by atoms with van der Waals surface area (Å²) in [5.74, 6) is -0.193. The Morgan fingerprint density at radius 1 is 1.11 bits per heavy atom. The van der Waals surface area contributed by atoms with Gasteiger partial charge in [0.2, 0.25) is 0 Å². The Bertz CT molecular complexity index is 382. The zero-order valence-electron chi connectivity index (χ0n) is 11.3. The van der Waals surface area contributed by atoms with Crippen LogP contribution in [0, 0.1) is 5.82 Å². The number of nitrogens with zero attached hydrogens (tertiary/aromatic N) is 1. The van der Waals surface area contributed by atoms with Crippen molar-refractivity contribution in [1.82, 2.24) is 4.90 Å². The van der Waals surface area contributed by atoms with Gasteiger partial charge < -0.3 is 4.90 Å². The Morgan fingerprint density at radius 3 is 2.00 bits per heavy atom. The Morgan fingerprint density at radius 2 is 1.61 bits per heavy atom. The van der Waals surface area contributed by atoms with E-state index >= 15 is 0 Å². The number of benzene rings is 1. The van der Waals surface area contributed by atoms with E-state index in [2.05, 4.69) is 32.2 Å². The van der Waals surface area contributed by atoms with Crippen molar-refractivity contribution in [1.29, 1.82) is 0 Å². The lowest BCUT2D eigenvalue weighted by Crippen LogP contribution is -2.45. The van der Waals surface area contributed by atoms with Crippen LogP contribution in [0.1, 0.15) is 18.4 Å². The molecule has 1 aromatic carbocycles. The molecule has 0 saturated carbocycles. The molecule has 2 heteroatoms. The molecule has 0 radical (unpaired) electrons. The maximum absolute atomic E-state index is 12.9. The largest absolute Gasteiger partial charge is 0.303 e. The summed E-state index contributed by atoms with van der Waals surface area (Å²) in [4.78, 5) is 2.21. The van der Waals surface area contributed by atoms with Crippen molar-refractivity contribution in [2.45, 2.75) is 24.8 Å². The van der Waals surface area contributed by atoms with E-state index < -0.39 is 0 Å². The van der Waals surface area contributed by atoms with Crippen LogP contribution in [0.4, 0.5) is 4.39 Å². The van der Waals surface area contributed by atoms with E-state index in [4.69, 9.17) is 0 Å². The number of hydrogen-bond acceptors (Lipinski definition) is 1. The van der Waals surface area contributed by atoms with Gasteiger partial charge in [0.05, 0.1) is 0 Å². The van der Waals surface area contributed by atoms with E-state index in [1.807, 2.05) is 24.3 Å². The zero-order valence-corrected chi connectivity index (χ0v) is 11.3. The molecule has 0 aliphatic carbocycles. The molecule has 0 N–H and O–H groups in total. The molecule has 1 nitrogen and oxygen atoms in total. The van der Waals surface area contributed by atoms with Crippen molar-refractivity contribution in [3.05, 3.63) is 61.0 Å². The lowest BCUT2D eigenvalue weighted by molar-refractivity contribution is 0.155. The first-order valence-corrected chi connectivity index (χ1v) is 6.18. The number of halogens is 1. The van der Waals surface area contributed by atoms with Crippen LogP contribution in [0.2, 0.25) is 0 Å². The summed E-state index contributed by atoms with van der Waals surface area (Å²) in [5.41, 5.74) is 1.11. The average Bonchev–Trinajstić information content (AvgIpc) is 2.32. The molecule has 0 fully saturated rings. The predicted molar refractivity (Wildman–Crippen MR) is 76.2 cm³/mol. The van der Waals surface area contributed by atoms with E-state index in [0.29, 0.717) is 0 Å². The maximum atomic E-state index is 12.9. The molecule has 0 saturated heterocycles. The summed E-state index contributed by atoms with van der Waals surface area (Å²) in [7, 11) is 4.13. The van der Waals surface area contributed by atoms with Crippen LogP contribution in [0.25, 0.3) is 0 Å². The van der Waals surface area contributed by atoms with E-state index in [-0.39, 0.29) is 11.4 Å². The molecular formula is C16H22FN. The van der Waals surface area contributed by atoms with Gasteiger partial charge in [-0.05, 0) is 51.1 Å². The first-order chi connectivity index (χ1) is 8.54. The molecule has 0 amide bonds. The summed E-state index contributed by atoms with van der Waals surface area (Å²) in [6.45, 7) is 7.69. The molecular weight excluding hydrogens is 225 g/mol. The SMILES string of the molecule is C=CCC(CC=C)(Cc1ccc(F)cc1)N(C)C. The molecule has 0 bridgehead atoms. The molecule has 0 heterocycles. The molecule has 1 rings (SSSR count). The second kappa shape index (κ2) is 6.50. The first kappa shape index (κ1) is 14.7. The molecule has 0 spiro atoms. The van der Waals surface area contributed by atoms with E-state index in [1.54, 1.807) is 0 Å². The second-order valence-corrected chi connectivity index (χ2v) is 4.91. The monoisotopic (exact) mass is 247 g/mol. The molecule has 1 aromatic rings. The molecule has 0 aliphatic heterocycles. The fraction of sp³-hybridized carbons (Fsp3) is 0.375. The molecule has 18 heavy (non-hydrogen) atoms. The van der Waals surface area contributed by atoms with Gasteiger partial charge in [-0.1, -0.05) is 24.3 Å². The maximum Gasteiger partial charge on any atom is 0.123 e. The van der Waals surface area contributed by atoms with E-state index in [1.165, 1.54) is 12.1 Å². The minimum atomic E-state index is -0.193. The van der Waals surface area contributed by atoms with Gasteiger partial charge in [-0.25, -0.2) is 4.39 Å². The van der Waals surface area contributed by atoms with Crippen molar-refractivity contribution >= 4 is 0 Å². The molecule has 0 atom stereocenters. The number of likely N-dealkylation sites (N-methyl/N-ethyl adjacent to an activating group) is 1. The highest BCUT2D eigenvalue weighted by molar-refractivity contribution is 5.20. The molecule has 0 aromatic heterocycles.